The van der Waals surface area contributed by atoms with Gasteiger partial charge >= 0.3 is 0 Å². The first-order valence-corrected chi connectivity index (χ1v) is 4.69. The largest absolute Gasteiger partial charge is 0.377 e. The van der Waals surface area contributed by atoms with E-state index < -0.39 is 6.67 Å². The van der Waals surface area contributed by atoms with Crippen LogP contribution in [0.2, 0.25) is 0 Å². The minimum atomic E-state index is -0.407. The van der Waals surface area contributed by atoms with Crippen molar-refractivity contribution in [3.05, 3.63) is 0 Å². The SMILES string of the molecule is NC1(COCCF)CCCCC1. The van der Waals surface area contributed by atoms with Crippen molar-refractivity contribution >= 4 is 0 Å². The molecule has 0 spiro atoms. The van der Waals surface area contributed by atoms with Gasteiger partial charge in [-0.2, -0.15) is 0 Å². The molecule has 0 radical (unpaired) electrons. The van der Waals surface area contributed by atoms with E-state index in [-0.39, 0.29) is 12.1 Å². The van der Waals surface area contributed by atoms with Crippen LogP contribution < -0.4 is 5.73 Å². The van der Waals surface area contributed by atoms with E-state index in [4.69, 9.17) is 10.5 Å². The summed E-state index contributed by atoms with van der Waals surface area (Å²) in [6.07, 6.45) is 5.71. The number of ether oxygens (including phenoxy) is 1. The van der Waals surface area contributed by atoms with Gasteiger partial charge in [0.15, 0.2) is 0 Å². The van der Waals surface area contributed by atoms with E-state index in [0.29, 0.717) is 6.61 Å². The van der Waals surface area contributed by atoms with Gasteiger partial charge in [0.05, 0.1) is 13.2 Å². The van der Waals surface area contributed by atoms with E-state index in [1.54, 1.807) is 0 Å². The second kappa shape index (κ2) is 4.77. The van der Waals surface area contributed by atoms with Crippen molar-refractivity contribution in [2.45, 2.75) is 37.6 Å². The van der Waals surface area contributed by atoms with Crippen LogP contribution in [0.5, 0.6) is 0 Å². The maximum absolute atomic E-state index is 11.7. The van der Waals surface area contributed by atoms with Crippen LogP contribution in [0, 0.1) is 0 Å². The highest BCUT2D eigenvalue weighted by molar-refractivity contribution is 4.86. The lowest BCUT2D eigenvalue weighted by molar-refractivity contribution is 0.0599. The summed E-state index contributed by atoms with van der Waals surface area (Å²) in [4.78, 5) is 0. The average Bonchev–Trinajstić information content (AvgIpc) is 2.06. The lowest BCUT2D eigenvalue weighted by Gasteiger charge is -2.32. The normalized spacial score (nSPS) is 22.5. The van der Waals surface area contributed by atoms with Crippen molar-refractivity contribution in [2.75, 3.05) is 19.9 Å². The average molecular weight is 175 g/mol. The monoisotopic (exact) mass is 175 g/mol. The Morgan fingerprint density at radius 3 is 2.50 bits per heavy atom. The van der Waals surface area contributed by atoms with Gasteiger partial charge in [-0.25, -0.2) is 4.39 Å². The second-order valence-corrected chi connectivity index (χ2v) is 3.66. The first-order chi connectivity index (χ1) is 5.77. The Bertz CT molecular complexity index is 124. The summed E-state index contributed by atoms with van der Waals surface area (Å²) in [6.45, 7) is 0.311. The van der Waals surface area contributed by atoms with E-state index in [1.165, 1.54) is 19.3 Å². The topological polar surface area (TPSA) is 35.2 Å². The number of hydrogen-bond acceptors (Lipinski definition) is 2. The lowest BCUT2D eigenvalue weighted by Crippen LogP contribution is -2.46. The summed E-state index contributed by atoms with van der Waals surface area (Å²) in [5.74, 6) is 0. The molecule has 0 aromatic carbocycles. The van der Waals surface area contributed by atoms with Crippen LogP contribution in [0.3, 0.4) is 0 Å². The summed E-state index contributed by atoms with van der Waals surface area (Å²) in [7, 11) is 0. The number of hydrogen-bond donors (Lipinski definition) is 1. The van der Waals surface area contributed by atoms with Crippen LogP contribution in [0.4, 0.5) is 4.39 Å². The van der Waals surface area contributed by atoms with Gasteiger partial charge in [0.2, 0.25) is 0 Å². The lowest BCUT2D eigenvalue weighted by atomic mass is 9.83. The van der Waals surface area contributed by atoms with Gasteiger partial charge in [-0.05, 0) is 12.8 Å². The number of halogens is 1. The molecule has 0 atom stereocenters. The Morgan fingerprint density at radius 2 is 1.92 bits per heavy atom. The molecule has 2 N–H and O–H groups in total. The summed E-state index contributed by atoms with van der Waals surface area (Å²) in [6, 6.07) is 0. The minimum absolute atomic E-state index is 0.159. The van der Waals surface area contributed by atoms with Gasteiger partial charge in [0.1, 0.15) is 6.67 Å². The summed E-state index contributed by atoms with van der Waals surface area (Å²) < 4.78 is 16.8. The Kier molecular flexibility index (Phi) is 3.95. The maximum atomic E-state index is 11.7. The zero-order chi connectivity index (χ0) is 8.86. The third kappa shape index (κ3) is 3.07. The zero-order valence-corrected chi connectivity index (χ0v) is 7.52. The Morgan fingerprint density at radius 1 is 1.25 bits per heavy atom. The van der Waals surface area contributed by atoms with Crippen LogP contribution in [-0.2, 0) is 4.74 Å². The van der Waals surface area contributed by atoms with Gasteiger partial charge in [-0.15, -0.1) is 0 Å². The highest BCUT2D eigenvalue weighted by atomic mass is 19.1. The van der Waals surface area contributed by atoms with Gasteiger partial charge in [0, 0.05) is 5.54 Å². The molecule has 2 nitrogen and oxygen atoms in total. The van der Waals surface area contributed by atoms with Crippen molar-refractivity contribution in [3.63, 3.8) is 0 Å². The molecule has 3 heteroatoms. The second-order valence-electron chi connectivity index (χ2n) is 3.66. The smallest absolute Gasteiger partial charge is 0.113 e. The predicted molar refractivity (Wildman–Crippen MR) is 46.8 cm³/mol. The third-order valence-electron chi connectivity index (χ3n) is 2.46. The van der Waals surface area contributed by atoms with Gasteiger partial charge in [0.25, 0.3) is 0 Å². The molecule has 12 heavy (non-hydrogen) atoms. The van der Waals surface area contributed by atoms with E-state index in [9.17, 15) is 4.39 Å². The van der Waals surface area contributed by atoms with Crippen molar-refractivity contribution in [1.29, 1.82) is 0 Å². The van der Waals surface area contributed by atoms with Gasteiger partial charge in [-0.1, -0.05) is 19.3 Å². The molecular formula is C9H18FNO. The molecule has 0 bridgehead atoms. The molecule has 1 saturated carbocycles. The van der Waals surface area contributed by atoms with E-state index in [2.05, 4.69) is 0 Å². The molecule has 0 aromatic heterocycles. The fraction of sp³-hybridized carbons (Fsp3) is 1.00. The van der Waals surface area contributed by atoms with E-state index in [1.807, 2.05) is 0 Å². The predicted octanol–water partition coefficient (Wildman–Crippen LogP) is 1.63. The summed E-state index contributed by atoms with van der Waals surface area (Å²) in [5, 5.41) is 0. The zero-order valence-electron chi connectivity index (χ0n) is 7.52. The van der Waals surface area contributed by atoms with Crippen LogP contribution in [0.25, 0.3) is 0 Å². The Labute approximate surface area is 73.3 Å². The molecule has 72 valence electrons. The fourth-order valence-corrected chi connectivity index (χ4v) is 1.73. The molecule has 0 aromatic rings. The molecule has 0 unspecified atom stereocenters. The minimum Gasteiger partial charge on any atom is -0.377 e. The molecule has 0 amide bonds. The first-order valence-electron chi connectivity index (χ1n) is 4.69. The Balaban J connectivity index is 2.17. The number of rotatable bonds is 4. The highest BCUT2D eigenvalue weighted by Crippen LogP contribution is 2.25. The van der Waals surface area contributed by atoms with E-state index in [0.717, 1.165) is 12.8 Å². The molecule has 1 aliphatic rings. The quantitative estimate of drug-likeness (QED) is 0.659. The number of alkyl halides is 1. The molecule has 0 saturated heterocycles. The molecule has 0 heterocycles. The summed E-state index contributed by atoms with van der Waals surface area (Å²) >= 11 is 0. The maximum Gasteiger partial charge on any atom is 0.113 e. The van der Waals surface area contributed by atoms with E-state index >= 15 is 0 Å². The third-order valence-corrected chi connectivity index (χ3v) is 2.46. The molecular weight excluding hydrogens is 157 g/mol. The summed E-state index contributed by atoms with van der Waals surface area (Å²) in [5.41, 5.74) is 5.89. The van der Waals surface area contributed by atoms with Crippen LogP contribution in [-0.4, -0.2) is 25.4 Å². The Hall–Kier alpha value is -0.150. The molecule has 1 rings (SSSR count). The van der Waals surface area contributed by atoms with Crippen molar-refractivity contribution in [2.24, 2.45) is 5.73 Å². The standard InChI is InChI=1S/C9H18FNO/c10-6-7-12-8-9(11)4-2-1-3-5-9/h1-8,11H2. The van der Waals surface area contributed by atoms with Crippen molar-refractivity contribution in [3.8, 4) is 0 Å². The van der Waals surface area contributed by atoms with Crippen molar-refractivity contribution in [1.82, 2.24) is 0 Å². The van der Waals surface area contributed by atoms with Crippen LogP contribution in [0.15, 0.2) is 0 Å². The van der Waals surface area contributed by atoms with Crippen molar-refractivity contribution < 1.29 is 9.13 Å². The van der Waals surface area contributed by atoms with Gasteiger partial charge in [-0.3, -0.25) is 0 Å². The van der Waals surface area contributed by atoms with Gasteiger partial charge < -0.3 is 10.5 Å². The van der Waals surface area contributed by atoms with Crippen LogP contribution in [0.1, 0.15) is 32.1 Å². The highest BCUT2D eigenvalue weighted by Gasteiger charge is 2.27. The first kappa shape index (κ1) is 9.93. The molecule has 1 aliphatic carbocycles. The van der Waals surface area contributed by atoms with Crippen LogP contribution >= 0.6 is 0 Å². The molecule has 1 fully saturated rings. The molecule has 0 aliphatic heterocycles. The number of nitrogens with two attached hydrogens (primary N) is 1. The fourth-order valence-electron chi connectivity index (χ4n) is 1.73.